The highest BCUT2D eigenvalue weighted by Gasteiger charge is 2.64. The van der Waals surface area contributed by atoms with Gasteiger partial charge in [-0.1, -0.05) is 29.8 Å². The van der Waals surface area contributed by atoms with E-state index in [0.717, 1.165) is 4.31 Å². The molecule has 2 aromatic carbocycles. The quantitative estimate of drug-likeness (QED) is 0.427. The van der Waals surface area contributed by atoms with E-state index in [4.69, 9.17) is 16.3 Å². The number of halogens is 2. The number of ether oxygens (including phenoxy) is 1. The molecule has 0 radical (unpaired) electrons. The van der Waals surface area contributed by atoms with Gasteiger partial charge in [-0.05, 0) is 65.2 Å². The van der Waals surface area contributed by atoms with E-state index < -0.39 is 33.6 Å². The van der Waals surface area contributed by atoms with Crippen molar-refractivity contribution in [3.8, 4) is 5.75 Å². The number of carbonyl (C=O) groups is 2. The van der Waals surface area contributed by atoms with Gasteiger partial charge in [0.05, 0.1) is 24.9 Å². The molecule has 216 valence electrons. The van der Waals surface area contributed by atoms with Gasteiger partial charge in [-0.3, -0.25) is 14.5 Å². The summed E-state index contributed by atoms with van der Waals surface area (Å²) in [5, 5.41) is 10.8. The number of methoxy groups -OCH3 is 1. The Hall–Kier alpha value is -3.03. The number of aliphatic hydroxyl groups excluding tert-OH is 1. The summed E-state index contributed by atoms with van der Waals surface area (Å²) < 4.78 is 35.6. The highest BCUT2D eigenvalue weighted by Crippen LogP contribution is 2.54. The van der Waals surface area contributed by atoms with Crippen LogP contribution in [0.1, 0.15) is 23.1 Å². The summed E-state index contributed by atoms with van der Waals surface area (Å²) >= 11 is 9.80. The number of likely N-dealkylation sites (tertiary alicyclic amines) is 1. The molecular formula is C28H28BrClN4O6S. The first kappa shape index (κ1) is 29.5. The summed E-state index contributed by atoms with van der Waals surface area (Å²) in [6, 6.07) is 11.9. The molecule has 0 aliphatic carbocycles. The van der Waals surface area contributed by atoms with Crippen LogP contribution in [0, 0.1) is 6.92 Å². The highest BCUT2D eigenvalue weighted by atomic mass is 79.9. The maximum absolute atomic E-state index is 15.1. The summed E-state index contributed by atoms with van der Waals surface area (Å²) in [5.74, 6) is -0.922. The van der Waals surface area contributed by atoms with Crippen molar-refractivity contribution in [1.82, 2.24) is 14.8 Å². The average molecular weight is 664 g/mol. The Labute approximate surface area is 251 Å². The number of fused-ring (bicyclic) bond motifs is 1. The number of pyridine rings is 1. The van der Waals surface area contributed by atoms with Crippen LogP contribution in [0.4, 0.5) is 5.69 Å². The molecule has 10 nitrogen and oxygen atoms in total. The van der Waals surface area contributed by atoms with Crippen LogP contribution in [0.15, 0.2) is 64.2 Å². The van der Waals surface area contributed by atoms with E-state index >= 15 is 4.79 Å². The number of aryl methyl sites for hydroxylation is 1. The summed E-state index contributed by atoms with van der Waals surface area (Å²) in [4.78, 5) is 35.7. The molecule has 2 amide bonds. The average Bonchev–Trinajstić information content (AvgIpc) is 3.42. The number of aliphatic hydroxyl groups is 1. The zero-order valence-corrected chi connectivity index (χ0v) is 25.9. The topological polar surface area (TPSA) is 120 Å². The minimum absolute atomic E-state index is 0.0389. The van der Waals surface area contributed by atoms with Crippen molar-refractivity contribution >= 4 is 55.1 Å². The Morgan fingerprint density at radius 1 is 1.20 bits per heavy atom. The van der Waals surface area contributed by atoms with E-state index in [1.807, 2.05) is 0 Å². The lowest BCUT2D eigenvalue weighted by molar-refractivity contribution is -0.138. The molecule has 1 aromatic heterocycles. The molecular weight excluding hydrogens is 636 g/mol. The SMILES string of the molecule is COc1ccccc1C1(N2C[C@H](O)C[C@H]2C(=O)N(C)C)C(=O)N(S(=O)(=O)c2ncc(Br)cc2C)c2ccc(Cl)cc21. The van der Waals surface area contributed by atoms with Crippen molar-refractivity contribution in [1.29, 1.82) is 0 Å². The summed E-state index contributed by atoms with van der Waals surface area (Å²) in [5.41, 5.74) is -0.971. The van der Waals surface area contributed by atoms with Gasteiger partial charge in [-0.2, -0.15) is 12.7 Å². The number of β-amino-alcohol motifs (C(OH)–C–C–N with tert-alkyl or cyclic N) is 1. The number of likely N-dealkylation sites (N-methyl/N-ethyl adjacent to an activating group) is 1. The minimum Gasteiger partial charge on any atom is -0.496 e. The van der Waals surface area contributed by atoms with Crippen LogP contribution in [0.2, 0.25) is 5.02 Å². The van der Waals surface area contributed by atoms with Gasteiger partial charge in [0.2, 0.25) is 5.91 Å². The molecule has 3 aromatic rings. The van der Waals surface area contributed by atoms with Crippen LogP contribution in [0.5, 0.6) is 5.75 Å². The lowest BCUT2D eigenvalue weighted by Gasteiger charge is -2.42. The van der Waals surface area contributed by atoms with Gasteiger partial charge in [-0.25, -0.2) is 4.98 Å². The maximum Gasteiger partial charge on any atom is 0.288 e. The number of amides is 2. The molecule has 2 aliphatic rings. The number of hydrogen-bond donors (Lipinski definition) is 1. The molecule has 1 unspecified atom stereocenters. The normalized spacial score (nSPS) is 22.6. The van der Waals surface area contributed by atoms with E-state index in [1.165, 1.54) is 36.4 Å². The Morgan fingerprint density at radius 3 is 2.56 bits per heavy atom. The molecule has 1 saturated heterocycles. The Kier molecular flexibility index (Phi) is 7.66. The monoisotopic (exact) mass is 662 g/mol. The first-order valence-electron chi connectivity index (χ1n) is 12.7. The zero-order valence-electron chi connectivity index (χ0n) is 22.7. The van der Waals surface area contributed by atoms with Crippen molar-refractivity contribution in [2.24, 2.45) is 0 Å². The fraction of sp³-hybridized carbons (Fsp3) is 0.321. The number of anilines is 1. The number of nitrogens with zero attached hydrogens (tertiary/aromatic N) is 4. The van der Waals surface area contributed by atoms with Gasteiger partial charge < -0.3 is 14.7 Å². The number of benzene rings is 2. The van der Waals surface area contributed by atoms with E-state index in [2.05, 4.69) is 20.9 Å². The molecule has 13 heteroatoms. The van der Waals surface area contributed by atoms with Crippen molar-refractivity contribution in [2.75, 3.05) is 32.1 Å². The van der Waals surface area contributed by atoms with Crippen LogP contribution in [0.25, 0.3) is 0 Å². The fourth-order valence-corrected chi connectivity index (χ4v) is 8.03. The largest absolute Gasteiger partial charge is 0.496 e. The number of carbonyl (C=O) groups excluding carboxylic acids is 2. The van der Waals surface area contributed by atoms with E-state index in [-0.39, 0.29) is 40.2 Å². The third-order valence-corrected chi connectivity index (χ3v) is 9.90. The van der Waals surface area contributed by atoms with Gasteiger partial charge in [0.1, 0.15) is 5.75 Å². The predicted molar refractivity (Wildman–Crippen MR) is 156 cm³/mol. The number of hydrogen-bond acceptors (Lipinski definition) is 8. The second kappa shape index (κ2) is 10.7. The van der Waals surface area contributed by atoms with Gasteiger partial charge in [-0.15, -0.1) is 0 Å². The van der Waals surface area contributed by atoms with Crippen molar-refractivity contribution in [3.63, 3.8) is 0 Å². The van der Waals surface area contributed by atoms with E-state index in [0.29, 0.717) is 21.3 Å². The Bertz CT molecular complexity index is 1670. The summed E-state index contributed by atoms with van der Waals surface area (Å²) in [6.45, 7) is 1.49. The van der Waals surface area contributed by atoms with Crippen molar-refractivity contribution in [3.05, 3.63) is 80.9 Å². The van der Waals surface area contributed by atoms with Crippen LogP contribution in [-0.4, -0.2) is 80.0 Å². The molecule has 2 aliphatic heterocycles. The molecule has 41 heavy (non-hydrogen) atoms. The zero-order chi connectivity index (χ0) is 29.9. The standard InChI is InChI=1S/C28H28BrClN4O6S/c1-16-11-17(29)14-31-25(16)41(38,39)34-22-10-9-18(30)12-21(22)28(27(34)37,20-7-5-6-8-24(20)40-4)33-15-19(35)13-23(33)26(36)32(2)3/h5-12,14,19,23,35H,13,15H2,1-4H3/t19-,23+,28?/m1/s1. The van der Waals surface area contributed by atoms with Crippen molar-refractivity contribution in [2.45, 2.75) is 36.1 Å². The number of sulfonamides is 1. The smallest absolute Gasteiger partial charge is 0.288 e. The Morgan fingerprint density at radius 2 is 1.90 bits per heavy atom. The third-order valence-electron chi connectivity index (χ3n) is 7.48. The predicted octanol–water partition coefficient (Wildman–Crippen LogP) is 3.32. The highest BCUT2D eigenvalue weighted by molar-refractivity contribution is 9.10. The molecule has 1 fully saturated rings. The second-order valence-electron chi connectivity index (χ2n) is 10.2. The fourth-order valence-electron chi connectivity index (χ4n) is 5.82. The van der Waals surface area contributed by atoms with Gasteiger partial charge in [0.25, 0.3) is 15.9 Å². The van der Waals surface area contributed by atoms with E-state index in [1.54, 1.807) is 56.3 Å². The first-order valence-corrected chi connectivity index (χ1v) is 15.3. The number of para-hydroxylation sites is 1. The molecule has 3 heterocycles. The summed E-state index contributed by atoms with van der Waals surface area (Å²) in [7, 11) is 0.0350. The van der Waals surface area contributed by atoms with Gasteiger partial charge in [0.15, 0.2) is 10.6 Å². The van der Waals surface area contributed by atoms with Crippen LogP contribution in [0.3, 0.4) is 0 Å². The van der Waals surface area contributed by atoms with Crippen LogP contribution in [-0.2, 0) is 25.2 Å². The molecule has 0 spiro atoms. The lowest BCUT2D eigenvalue weighted by atomic mass is 9.80. The molecule has 1 N–H and O–H groups in total. The van der Waals surface area contributed by atoms with Crippen molar-refractivity contribution < 1.29 is 27.9 Å². The Balaban J connectivity index is 1.88. The molecule has 5 rings (SSSR count). The minimum atomic E-state index is -4.57. The lowest BCUT2D eigenvalue weighted by Crippen LogP contribution is -2.59. The number of aromatic nitrogens is 1. The maximum atomic E-state index is 15.1. The third kappa shape index (κ3) is 4.52. The second-order valence-corrected chi connectivity index (χ2v) is 13.3. The van der Waals surface area contributed by atoms with Crippen LogP contribution >= 0.6 is 27.5 Å². The first-order chi connectivity index (χ1) is 19.3. The van der Waals surface area contributed by atoms with E-state index in [9.17, 15) is 18.3 Å². The molecule has 3 atom stereocenters. The number of rotatable bonds is 6. The molecule has 0 bridgehead atoms. The van der Waals surface area contributed by atoms with Gasteiger partial charge >= 0.3 is 0 Å². The van der Waals surface area contributed by atoms with Crippen LogP contribution < -0.4 is 9.04 Å². The molecule has 0 saturated carbocycles. The summed E-state index contributed by atoms with van der Waals surface area (Å²) in [6.07, 6.45) is 0.420. The van der Waals surface area contributed by atoms with Gasteiger partial charge in [0, 0.05) is 47.5 Å².